The Kier molecular flexibility index (Phi) is 4.34. The molecule has 3 heterocycles. The van der Waals surface area contributed by atoms with Gasteiger partial charge in [0.25, 0.3) is 0 Å². The number of rotatable bonds is 5. The van der Waals surface area contributed by atoms with Gasteiger partial charge in [-0.2, -0.15) is 0 Å². The molecule has 1 atom stereocenters. The molecule has 3 saturated heterocycles. The van der Waals surface area contributed by atoms with E-state index in [4.69, 9.17) is 0 Å². The van der Waals surface area contributed by atoms with Crippen LogP contribution in [0.25, 0.3) is 0 Å². The number of benzene rings is 2. The molecule has 3 heteroatoms. The maximum absolute atomic E-state index is 12.7. The van der Waals surface area contributed by atoms with Crippen molar-refractivity contribution in [3.63, 3.8) is 0 Å². The van der Waals surface area contributed by atoms with Crippen molar-refractivity contribution in [2.75, 3.05) is 13.1 Å². The van der Waals surface area contributed by atoms with Crippen molar-refractivity contribution >= 4 is 5.97 Å². The van der Waals surface area contributed by atoms with Gasteiger partial charge < -0.3 is 10.0 Å². The summed E-state index contributed by atoms with van der Waals surface area (Å²) in [4.78, 5) is 15.2. The van der Waals surface area contributed by atoms with Crippen LogP contribution < -0.4 is 0 Å². The Labute approximate surface area is 149 Å². The van der Waals surface area contributed by atoms with Crippen LogP contribution in [0.5, 0.6) is 0 Å². The van der Waals surface area contributed by atoms with E-state index in [-0.39, 0.29) is 0 Å². The fourth-order valence-corrected chi connectivity index (χ4v) is 4.84. The number of carboxylic acid groups (broad SMARTS) is 1. The average Bonchev–Trinajstić information content (AvgIpc) is 2.68. The molecule has 2 bridgehead atoms. The van der Waals surface area contributed by atoms with E-state index in [0.717, 1.165) is 36.6 Å². The third kappa shape index (κ3) is 2.87. The van der Waals surface area contributed by atoms with Gasteiger partial charge in [-0.3, -0.25) is 4.79 Å². The molecule has 25 heavy (non-hydrogen) atoms. The molecule has 2 aromatic carbocycles. The first-order valence-corrected chi connectivity index (χ1v) is 9.28. The van der Waals surface area contributed by atoms with Gasteiger partial charge in [0, 0.05) is 6.04 Å². The maximum atomic E-state index is 12.7. The van der Waals surface area contributed by atoms with E-state index in [9.17, 15) is 9.90 Å². The van der Waals surface area contributed by atoms with Crippen molar-refractivity contribution in [1.29, 1.82) is 0 Å². The van der Waals surface area contributed by atoms with Gasteiger partial charge in [-0.15, -0.1) is 0 Å². The lowest BCUT2D eigenvalue weighted by atomic mass is 9.67. The Morgan fingerprint density at radius 3 is 1.88 bits per heavy atom. The summed E-state index contributed by atoms with van der Waals surface area (Å²) in [7, 11) is 0. The Balaban J connectivity index is 1.79. The third-order valence-corrected chi connectivity index (χ3v) is 6.21. The van der Waals surface area contributed by atoms with Crippen LogP contribution in [0.2, 0.25) is 0 Å². The highest BCUT2D eigenvalue weighted by Crippen LogP contribution is 2.42. The first-order valence-electron chi connectivity index (χ1n) is 9.28. The predicted octanol–water partition coefficient (Wildman–Crippen LogP) is 3.93. The number of hydrogen-bond acceptors (Lipinski definition) is 2. The van der Waals surface area contributed by atoms with Gasteiger partial charge in [0.15, 0.2) is 0 Å². The average molecular weight is 335 g/mol. The van der Waals surface area contributed by atoms with Gasteiger partial charge in [-0.25, -0.2) is 0 Å². The number of carbonyl (C=O) groups is 1. The van der Waals surface area contributed by atoms with Crippen molar-refractivity contribution in [3.8, 4) is 0 Å². The Hall–Kier alpha value is -2.13. The van der Waals surface area contributed by atoms with Gasteiger partial charge in [-0.05, 0) is 55.8 Å². The second kappa shape index (κ2) is 6.64. The highest BCUT2D eigenvalue weighted by atomic mass is 16.4. The van der Waals surface area contributed by atoms with Crippen LogP contribution in [0.15, 0.2) is 60.7 Å². The molecule has 130 valence electrons. The molecule has 2 aromatic rings. The first kappa shape index (κ1) is 16.3. The zero-order valence-electron chi connectivity index (χ0n) is 14.5. The highest BCUT2D eigenvalue weighted by Gasteiger charge is 2.47. The molecule has 1 N–H and O–H groups in total. The molecule has 0 saturated carbocycles. The van der Waals surface area contributed by atoms with Crippen LogP contribution in [0.3, 0.4) is 0 Å². The number of piperidine rings is 3. The zero-order chi connectivity index (χ0) is 17.3. The molecule has 0 radical (unpaired) electrons. The van der Waals surface area contributed by atoms with E-state index in [2.05, 4.69) is 4.90 Å². The van der Waals surface area contributed by atoms with Crippen molar-refractivity contribution in [3.05, 3.63) is 71.8 Å². The largest absolute Gasteiger partial charge is 0.480 e. The van der Waals surface area contributed by atoms with Gasteiger partial charge in [0.05, 0.1) is 0 Å². The fraction of sp³-hybridized carbons (Fsp3) is 0.409. The summed E-state index contributed by atoms with van der Waals surface area (Å²) in [6.07, 6.45) is 4.32. The molecule has 5 rings (SSSR count). The molecule has 3 aliphatic heterocycles. The summed E-state index contributed by atoms with van der Waals surface area (Å²) in [5.74, 6) is 0.0283. The van der Waals surface area contributed by atoms with Crippen molar-refractivity contribution in [1.82, 2.24) is 4.90 Å². The Bertz CT molecular complexity index is 681. The highest BCUT2D eigenvalue weighted by molar-refractivity contribution is 5.86. The number of carboxylic acids is 1. The van der Waals surface area contributed by atoms with Crippen molar-refractivity contribution in [2.24, 2.45) is 5.92 Å². The minimum absolute atomic E-state index is 0.351. The normalized spacial score (nSPS) is 25.7. The third-order valence-electron chi connectivity index (χ3n) is 6.21. The molecular weight excluding hydrogens is 310 g/mol. The number of aliphatic carboxylic acids is 1. The summed E-state index contributed by atoms with van der Waals surface area (Å²) in [6, 6.07) is 19.9. The lowest BCUT2D eigenvalue weighted by Crippen LogP contribution is -2.53. The van der Waals surface area contributed by atoms with Gasteiger partial charge in [0.2, 0.25) is 0 Å². The van der Waals surface area contributed by atoms with Crippen LogP contribution in [-0.2, 0) is 10.2 Å². The van der Waals surface area contributed by atoms with E-state index in [1.807, 2.05) is 60.7 Å². The van der Waals surface area contributed by atoms with E-state index in [0.29, 0.717) is 12.5 Å². The number of nitrogens with zero attached hydrogens (tertiary/aromatic N) is 1. The first-order chi connectivity index (χ1) is 12.2. The Morgan fingerprint density at radius 2 is 1.48 bits per heavy atom. The molecule has 3 nitrogen and oxygen atoms in total. The lowest BCUT2D eigenvalue weighted by Gasteiger charge is -2.48. The molecule has 0 aliphatic carbocycles. The van der Waals surface area contributed by atoms with Crippen LogP contribution in [0.4, 0.5) is 0 Å². The van der Waals surface area contributed by atoms with Gasteiger partial charge >= 0.3 is 5.97 Å². The van der Waals surface area contributed by atoms with E-state index in [1.54, 1.807) is 0 Å². The summed E-state index contributed by atoms with van der Waals surface area (Å²) >= 11 is 0. The van der Waals surface area contributed by atoms with E-state index >= 15 is 0 Å². The molecule has 0 spiro atoms. The summed E-state index contributed by atoms with van der Waals surface area (Å²) in [5, 5.41) is 10.4. The van der Waals surface area contributed by atoms with Gasteiger partial charge in [-0.1, -0.05) is 60.7 Å². The summed E-state index contributed by atoms with van der Waals surface area (Å²) in [5.41, 5.74) is 0.790. The number of hydrogen-bond donors (Lipinski definition) is 1. The monoisotopic (exact) mass is 335 g/mol. The van der Waals surface area contributed by atoms with E-state index < -0.39 is 11.4 Å². The molecule has 3 fully saturated rings. The second-order valence-corrected chi connectivity index (χ2v) is 7.52. The van der Waals surface area contributed by atoms with Crippen molar-refractivity contribution in [2.45, 2.75) is 37.1 Å². The Morgan fingerprint density at radius 1 is 0.960 bits per heavy atom. The lowest BCUT2D eigenvalue weighted by molar-refractivity contribution is -0.143. The predicted molar refractivity (Wildman–Crippen MR) is 98.6 cm³/mol. The fourth-order valence-electron chi connectivity index (χ4n) is 4.84. The molecule has 0 amide bonds. The topological polar surface area (TPSA) is 40.5 Å². The van der Waals surface area contributed by atoms with Crippen LogP contribution in [-0.4, -0.2) is 35.1 Å². The summed E-state index contributed by atoms with van der Waals surface area (Å²) in [6.45, 7) is 2.24. The molecular formula is C22H25NO2. The quantitative estimate of drug-likeness (QED) is 0.900. The molecule has 1 unspecified atom stereocenters. The number of fused-ring (bicyclic) bond motifs is 3. The maximum Gasteiger partial charge on any atom is 0.318 e. The second-order valence-electron chi connectivity index (χ2n) is 7.52. The minimum atomic E-state index is -0.981. The SMILES string of the molecule is O=C(O)C(CC1CC2CCN1CC2)(c1ccccc1)c1ccccc1. The van der Waals surface area contributed by atoms with Crippen LogP contribution >= 0.6 is 0 Å². The smallest absolute Gasteiger partial charge is 0.318 e. The summed E-state index contributed by atoms with van der Waals surface area (Å²) < 4.78 is 0. The molecule has 0 aromatic heterocycles. The zero-order valence-corrected chi connectivity index (χ0v) is 14.5. The van der Waals surface area contributed by atoms with Crippen molar-refractivity contribution < 1.29 is 9.90 Å². The van der Waals surface area contributed by atoms with Crippen LogP contribution in [0, 0.1) is 5.92 Å². The van der Waals surface area contributed by atoms with Crippen LogP contribution in [0.1, 0.15) is 36.8 Å². The van der Waals surface area contributed by atoms with Gasteiger partial charge in [0.1, 0.15) is 5.41 Å². The minimum Gasteiger partial charge on any atom is -0.480 e. The standard InChI is InChI=1S/C22H25NO2/c24-21(25)22(18-7-3-1-4-8-18,19-9-5-2-6-10-19)16-20-15-17-11-13-23(20)14-12-17/h1-10,17,20H,11-16H2,(H,24,25). The molecule has 3 aliphatic rings. The van der Waals surface area contributed by atoms with E-state index in [1.165, 1.54) is 12.8 Å².